The fourth-order valence-corrected chi connectivity index (χ4v) is 1.57. The van der Waals surface area contributed by atoms with Crippen molar-refractivity contribution in [2.75, 3.05) is 5.32 Å². The van der Waals surface area contributed by atoms with Crippen molar-refractivity contribution in [1.29, 1.82) is 0 Å². The van der Waals surface area contributed by atoms with E-state index in [1.807, 2.05) is 0 Å². The number of carbonyl (C=O) groups is 1. The number of nitrogens with one attached hydrogen (secondary N) is 1. The number of rotatable bonds is 2. The first-order valence-electron chi connectivity index (χ1n) is 5.24. The highest BCUT2D eigenvalue weighted by molar-refractivity contribution is 6.31. The molecule has 98 valence electrons. The minimum atomic E-state index is -1.16. The van der Waals surface area contributed by atoms with Gasteiger partial charge in [0, 0.05) is 11.8 Å². The predicted octanol–water partition coefficient (Wildman–Crippen LogP) is 4.23. The summed E-state index contributed by atoms with van der Waals surface area (Å²) in [5.41, 5.74) is 0.00447. The number of hydrogen-bond donors (Lipinski definition) is 1. The summed E-state index contributed by atoms with van der Waals surface area (Å²) in [6.45, 7) is 0. The SMILES string of the molecule is O=C(Nc1cc(F)c(F)c(Cl)c1)Oc1ccccc1. The van der Waals surface area contributed by atoms with Crippen molar-refractivity contribution in [2.45, 2.75) is 0 Å². The van der Waals surface area contributed by atoms with Crippen LogP contribution in [0.4, 0.5) is 19.3 Å². The summed E-state index contributed by atoms with van der Waals surface area (Å²) < 4.78 is 30.9. The van der Waals surface area contributed by atoms with Gasteiger partial charge in [0.2, 0.25) is 0 Å². The molecule has 2 rings (SSSR count). The maximum Gasteiger partial charge on any atom is 0.417 e. The van der Waals surface area contributed by atoms with E-state index < -0.39 is 22.8 Å². The quantitative estimate of drug-likeness (QED) is 0.838. The third-order valence-electron chi connectivity index (χ3n) is 2.18. The standard InChI is InChI=1S/C13H8ClF2NO2/c14-10-6-8(7-11(15)12(10)16)17-13(18)19-9-4-2-1-3-5-9/h1-7H,(H,17,18). The predicted molar refractivity (Wildman–Crippen MR) is 67.5 cm³/mol. The van der Waals surface area contributed by atoms with Gasteiger partial charge in [-0.2, -0.15) is 0 Å². The van der Waals surface area contributed by atoms with E-state index in [4.69, 9.17) is 16.3 Å². The lowest BCUT2D eigenvalue weighted by molar-refractivity contribution is 0.215. The van der Waals surface area contributed by atoms with Gasteiger partial charge in [-0.05, 0) is 18.2 Å². The Labute approximate surface area is 112 Å². The highest BCUT2D eigenvalue weighted by atomic mass is 35.5. The summed E-state index contributed by atoms with van der Waals surface area (Å²) in [4.78, 5) is 11.5. The van der Waals surface area contributed by atoms with E-state index in [0.717, 1.165) is 12.1 Å². The number of para-hydroxylation sites is 1. The summed E-state index contributed by atoms with van der Waals surface area (Å²) in [6.07, 6.45) is -0.826. The Hall–Kier alpha value is -2.14. The van der Waals surface area contributed by atoms with Gasteiger partial charge < -0.3 is 4.74 Å². The second kappa shape index (κ2) is 5.67. The van der Waals surface area contributed by atoms with E-state index in [-0.39, 0.29) is 5.69 Å². The average molecular weight is 284 g/mol. The zero-order valence-electron chi connectivity index (χ0n) is 9.49. The van der Waals surface area contributed by atoms with Crippen molar-refractivity contribution in [3.8, 4) is 5.75 Å². The molecule has 0 aliphatic carbocycles. The first kappa shape index (κ1) is 13.3. The Bertz CT molecular complexity index is 582. The van der Waals surface area contributed by atoms with Crippen LogP contribution in [-0.4, -0.2) is 6.09 Å². The summed E-state index contributed by atoms with van der Waals surface area (Å²) in [6, 6.07) is 10.2. The zero-order valence-corrected chi connectivity index (χ0v) is 10.2. The number of hydrogen-bond acceptors (Lipinski definition) is 2. The maximum atomic E-state index is 13.1. The molecule has 6 heteroatoms. The first-order valence-corrected chi connectivity index (χ1v) is 5.62. The van der Waals surface area contributed by atoms with Crippen molar-refractivity contribution >= 4 is 23.4 Å². The van der Waals surface area contributed by atoms with Gasteiger partial charge in [-0.3, -0.25) is 5.32 Å². The van der Waals surface area contributed by atoms with Crippen LogP contribution in [0.25, 0.3) is 0 Å². The Morgan fingerprint density at radius 1 is 1.16 bits per heavy atom. The van der Waals surface area contributed by atoms with Crippen LogP contribution in [-0.2, 0) is 0 Å². The minimum absolute atomic E-state index is 0.00447. The van der Waals surface area contributed by atoms with Gasteiger partial charge in [-0.1, -0.05) is 29.8 Å². The molecule has 0 aromatic heterocycles. The van der Waals surface area contributed by atoms with E-state index >= 15 is 0 Å². The van der Waals surface area contributed by atoms with Gasteiger partial charge in [-0.15, -0.1) is 0 Å². The Morgan fingerprint density at radius 3 is 2.47 bits per heavy atom. The van der Waals surface area contributed by atoms with Gasteiger partial charge >= 0.3 is 6.09 Å². The number of carbonyl (C=O) groups excluding carboxylic acids is 1. The van der Waals surface area contributed by atoms with E-state index in [0.29, 0.717) is 5.75 Å². The number of anilines is 1. The highest BCUT2D eigenvalue weighted by Gasteiger charge is 2.11. The van der Waals surface area contributed by atoms with Crippen molar-refractivity contribution in [3.05, 3.63) is 59.1 Å². The summed E-state index contributed by atoms with van der Waals surface area (Å²) in [5, 5.41) is 1.83. The van der Waals surface area contributed by atoms with Crippen LogP contribution in [0.15, 0.2) is 42.5 Å². The molecule has 2 aromatic rings. The zero-order chi connectivity index (χ0) is 13.8. The van der Waals surface area contributed by atoms with Crippen LogP contribution in [0.5, 0.6) is 5.75 Å². The summed E-state index contributed by atoms with van der Waals surface area (Å²) >= 11 is 5.46. The van der Waals surface area contributed by atoms with Crippen molar-refractivity contribution in [2.24, 2.45) is 0 Å². The second-order valence-corrected chi connectivity index (χ2v) is 3.99. The van der Waals surface area contributed by atoms with Crippen LogP contribution in [0.2, 0.25) is 5.02 Å². The molecule has 0 radical (unpaired) electrons. The normalized spacial score (nSPS) is 10.1. The molecule has 0 atom stereocenters. The summed E-state index contributed by atoms with van der Waals surface area (Å²) in [7, 11) is 0. The van der Waals surface area contributed by atoms with Crippen molar-refractivity contribution < 1.29 is 18.3 Å². The third-order valence-corrected chi connectivity index (χ3v) is 2.46. The Morgan fingerprint density at radius 2 is 1.84 bits per heavy atom. The molecule has 0 unspecified atom stereocenters. The van der Waals surface area contributed by atoms with E-state index in [9.17, 15) is 13.6 Å². The highest BCUT2D eigenvalue weighted by Crippen LogP contribution is 2.23. The molecule has 1 N–H and O–H groups in total. The Kier molecular flexibility index (Phi) is 3.97. The number of amides is 1. The molecule has 3 nitrogen and oxygen atoms in total. The van der Waals surface area contributed by atoms with Gasteiger partial charge in [0.05, 0.1) is 5.02 Å². The van der Waals surface area contributed by atoms with Crippen LogP contribution in [0.1, 0.15) is 0 Å². The van der Waals surface area contributed by atoms with Crippen LogP contribution >= 0.6 is 11.6 Å². The lowest BCUT2D eigenvalue weighted by Gasteiger charge is -2.07. The fraction of sp³-hybridized carbons (Fsp3) is 0. The molecular formula is C13H8ClF2NO2. The lowest BCUT2D eigenvalue weighted by Crippen LogP contribution is -2.16. The molecule has 0 aliphatic rings. The molecule has 19 heavy (non-hydrogen) atoms. The van der Waals surface area contributed by atoms with E-state index in [2.05, 4.69) is 5.32 Å². The Balaban J connectivity index is 2.07. The second-order valence-electron chi connectivity index (χ2n) is 3.58. The average Bonchev–Trinajstić information content (AvgIpc) is 2.37. The maximum absolute atomic E-state index is 13.1. The molecular weight excluding hydrogens is 276 g/mol. The number of ether oxygens (including phenoxy) is 1. The number of benzene rings is 2. The molecule has 0 saturated heterocycles. The molecule has 0 aliphatic heterocycles. The summed E-state index contributed by atoms with van der Waals surface area (Å²) in [5.74, 6) is -1.99. The van der Waals surface area contributed by atoms with Crippen molar-refractivity contribution in [3.63, 3.8) is 0 Å². The van der Waals surface area contributed by atoms with Gasteiger partial charge in [-0.25, -0.2) is 13.6 Å². The molecule has 0 fully saturated rings. The topological polar surface area (TPSA) is 38.3 Å². The number of halogens is 3. The first-order chi connectivity index (χ1) is 9.06. The van der Waals surface area contributed by atoms with Crippen molar-refractivity contribution in [1.82, 2.24) is 0 Å². The van der Waals surface area contributed by atoms with E-state index in [1.54, 1.807) is 30.3 Å². The molecule has 0 heterocycles. The van der Waals surface area contributed by atoms with Gasteiger partial charge in [0.25, 0.3) is 0 Å². The van der Waals surface area contributed by atoms with Crippen LogP contribution in [0.3, 0.4) is 0 Å². The molecule has 0 spiro atoms. The molecule has 0 saturated carbocycles. The smallest absolute Gasteiger partial charge is 0.410 e. The molecule has 1 amide bonds. The van der Waals surface area contributed by atoms with E-state index in [1.165, 1.54) is 0 Å². The van der Waals surface area contributed by atoms with Gasteiger partial charge in [0.15, 0.2) is 11.6 Å². The molecule has 2 aromatic carbocycles. The molecule has 0 bridgehead atoms. The van der Waals surface area contributed by atoms with Gasteiger partial charge in [0.1, 0.15) is 5.75 Å². The fourth-order valence-electron chi connectivity index (χ4n) is 1.37. The minimum Gasteiger partial charge on any atom is -0.410 e. The van der Waals surface area contributed by atoms with Crippen LogP contribution in [0, 0.1) is 11.6 Å². The monoisotopic (exact) mass is 283 g/mol. The van der Waals surface area contributed by atoms with Crippen LogP contribution < -0.4 is 10.1 Å². The lowest BCUT2D eigenvalue weighted by atomic mass is 10.3. The largest absolute Gasteiger partial charge is 0.417 e. The third kappa shape index (κ3) is 3.42.